The molecule has 1 saturated heterocycles. The van der Waals surface area contributed by atoms with E-state index < -0.39 is 0 Å². The van der Waals surface area contributed by atoms with Gasteiger partial charge in [-0.3, -0.25) is 5.21 Å². The zero-order chi connectivity index (χ0) is 17.6. The quantitative estimate of drug-likeness (QED) is 0.488. The van der Waals surface area contributed by atoms with E-state index in [1.54, 1.807) is 42.6 Å². The molecule has 3 rings (SSSR count). The summed E-state index contributed by atoms with van der Waals surface area (Å²) >= 11 is 5.87. The molecule has 1 aromatic carbocycles. The summed E-state index contributed by atoms with van der Waals surface area (Å²) in [6.45, 7) is 2.63. The van der Waals surface area contributed by atoms with E-state index in [0.717, 1.165) is 0 Å². The van der Waals surface area contributed by atoms with Crippen LogP contribution in [-0.4, -0.2) is 47.2 Å². The van der Waals surface area contributed by atoms with E-state index in [1.165, 1.54) is 0 Å². The van der Waals surface area contributed by atoms with Crippen LogP contribution in [0.5, 0.6) is 0 Å². The topological polar surface area (TPSA) is 87.8 Å². The van der Waals surface area contributed by atoms with Gasteiger partial charge in [-0.2, -0.15) is 5.26 Å². The van der Waals surface area contributed by atoms with Crippen molar-refractivity contribution >= 4 is 29.1 Å². The number of halogens is 1. The van der Waals surface area contributed by atoms with Gasteiger partial charge in [0.1, 0.15) is 11.9 Å². The molecule has 0 atom stereocenters. The van der Waals surface area contributed by atoms with E-state index in [-0.39, 0.29) is 0 Å². The Kier molecular flexibility index (Phi) is 5.33. The summed E-state index contributed by atoms with van der Waals surface area (Å²) in [5, 5.41) is 19.3. The van der Waals surface area contributed by atoms with Gasteiger partial charge in [-0.25, -0.2) is 15.5 Å². The standard InChI is InChI=1S/C17H17ClN6O/c18-14-3-5-15(6-4-14)21-17(22-25)24-10-8-23(9-11-24)16-13(12-19)2-1-7-20-16/h1-7,25H,8-11H2,(H,21,22). The first-order chi connectivity index (χ1) is 12.2. The van der Waals surface area contributed by atoms with E-state index in [0.29, 0.717) is 54.2 Å². The van der Waals surface area contributed by atoms with Crippen molar-refractivity contribution in [2.45, 2.75) is 0 Å². The Hall–Kier alpha value is -2.82. The second-order valence-corrected chi connectivity index (χ2v) is 5.92. The van der Waals surface area contributed by atoms with E-state index in [4.69, 9.17) is 11.6 Å². The third-order valence-corrected chi connectivity index (χ3v) is 4.20. The zero-order valence-electron chi connectivity index (χ0n) is 13.4. The number of rotatable bonds is 2. The van der Waals surface area contributed by atoms with Crippen molar-refractivity contribution in [1.29, 1.82) is 5.26 Å². The molecule has 0 radical (unpaired) electrons. The number of hydrogen-bond acceptors (Lipinski definition) is 5. The lowest BCUT2D eigenvalue weighted by Crippen LogP contribution is -2.52. The first-order valence-corrected chi connectivity index (χ1v) is 8.18. The van der Waals surface area contributed by atoms with Gasteiger partial charge < -0.3 is 9.80 Å². The summed E-state index contributed by atoms with van der Waals surface area (Å²) < 4.78 is 0. The molecule has 1 aliphatic rings. The van der Waals surface area contributed by atoms with Crippen LogP contribution in [0.25, 0.3) is 0 Å². The molecule has 0 saturated carbocycles. The molecule has 1 aliphatic heterocycles. The van der Waals surface area contributed by atoms with Gasteiger partial charge in [-0.1, -0.05) is 11.6 Å². The Morgan fingerprint density at radius 1 is 1.20 bits per heavy atom. The number of pyridine rings is 1. The number of anilines is 1. The first kappa shape index (κ1) is 17.0. The highest BCUT2D eigenvalue weighted by molar-refractivity contribution is 6.30. The van der Waals surface area contributed by atoms with Gasteiger partial charge in [0.2, 0.25) is 5.96 Å². The van der Waals surface area contributed by atoms with Crippen LogP contribution in [0.15, 0.2) is 47.6 Å². The molecule has 2 aromatic rings. The molecule has 2 N–H and O–H groups in total. The predicted octanol–water partition coefficient (Wildman–Crippen LogP) is 2.40. The number of aromatic nitrogens is 1. The highest BCUT2D eigenvalue weighted by atomic mass is 35.5. The van der Waals surface area contributed by atoms with Crippen LogP contribution in [0.4, 0.5) is 11.5 Å². The van der Waals surface area contributed by atoms with Gasteiger partial charge >= 0.3 is 0 Å². The molecular formula is C17H17ClN6O. The minimum atomic E-state index is 0.378. The molecule has 0 amide bonds. The van der Waals surface area contributed by atoms with Crippen molar-refractivity contribution in [2.24, 2.45) is 4.99 Å². The number of guanidine groups is 1. The normalized spacial score (nSPS) is 15.0. The monoisotopic (exact) mass is 356 g/mol. The third kappa shape index (κ3) is 3.99. The number of aliphatic imine (C=N–C) groups is 1. The molecule has 128 valence electrons. The third-order valence-electron chi connectivity index (χ3n) is 3.95. The fourth-order valence-corrected chi connectivity index (χ4v) is 2.80. The van der Waals surface area contributed by atoms with Crippen molar-refractivity contribution in [1.82, 2.24) is 15.4 Å². The lowest BCUT2D eigenvalue weighted by atomic mass is 10.2. The maximum atomic E-state index is 9.44. The van der Waals surface area contributed by atoms with Crippen LogP contribution >= 0.6 is 11.6 Å². The summed E-state index contributed by atoms with van der Waals surface area (Å²) in [6.07, 6.45) is 1.69. The molecule has 0 aliphatic carbocycles. The number of hydroxylamine groups is 1. The summed E-state index contributed by atoms with van der Waals surface area (Å²) in [6, 6.07) is 12.7. The summed E-state index contributed by atoms with van der Waals surface area (Å²) in [5.41, 5.74) is 3.42. The van der Waals surface area contributed by atoms with Crippen LogP contribution in [0, 0.1) is 11.3 Å². The van der Waals surface area contributed by atoms with Crippen molar-refractivity contribution in [2.75, 3.05) is 31.1 Å². The Morgan fingerprint density at radius 3 is 2.56 bits per heavy atom. The van der Waals surface area contributed by atoms with Crippen molar-refractivity contribution in [3.63, 3.8) is 0 Å². The van der Waals surface area contributed by atoms with Crippen molar-refractivity contribution in [3.8, 4) is 6.07 Å². The summed E-state index contributed by atoms with van der Waals surface area (Å²) in [4.78, 5) is 12.7. The lowest BCUT2D eigenvalue weighted by Gasteiger charge is -2.36. The molecule has 2 heterocycles. The summed E-state index contributed by atoms with van der Waals surface area (Å²) in [5.74, 6) is 1.07. The smallest absolute Gasteiger partial charge is 0.223 e. The largest absolute Gasteiger partial charge is 0.352 e. The molecule has 1 aromatic heterocycles. The molecule has 25 heavy (non-hydrogen) atoms. The number of piperazine rings is 1. The van der Waals surface area contributed by atoms with Crippen LogP contribution in [0.3, 0.4) is 0 Å². The minimum absolute atomic E-state index is 0.378. The highest BCUT2D eigenvalue weighted by Crippen LogP contribution is 2.19. The highest BCUT2D eigenvalue weighted by Gasteiger charge is 2.22. The van der Waals surface area contributed by atoms with Crippen LogP contribution < -0.4 is 10.4 Å². The lowest BCUT2D eigenvalue weighted by molar-refractivity contribution is 0.207. The molecule has 1 fully saturated rings. The van der Waals surface area contributed by atoms with Gasteiger partial charge in [0.25, 0.3) is 0 Å². The Labute approximate surface area is 150 Å². The second kappa shape index (κ2) is 7.83. The number of benzene rings is 1. The maximum Gasteiger partial charge on any atom is 0.223 e. The molecule has 7 nitrogen and oxygen atoms in total. The Balaban J connectivity index is 1.70. The van der Waals surface area contributed by atoms with Crippen LogP contribution in [-0.2, 0) is 0 Å². The SMILES string of the molecule is N#Cc1cccnc1N1CCN(C(=Nc2ccc(Cl)cc2)NO)CC1. The Morgan fingerprint density at radius 2 is 1.92 bits per heavy atom. The molecule has 0 bridgehead atoms. The fraction of sp³-hybridized carbons (Fsp3) is 0.235. The van der Waals surface area contributed by atoms with E-state index in [9.17, 15) is 10.5 Å². The van der Waals surface area contributed by atoms with Crippen molar-refractivity contribution in [3.05, 3.63) is 53.2 Å². The van der Waals surface area contributed by atoms with Crippen molar-refractivity contribution < 1.29 is 5.21 Å². The van der Waals surface area contributed by atoms with Gasteiger partial charge in [0.15, 0.2) is 0 Å². The average molecular weight is 357 g/mol. The second-order valence-electron chi connectivity index (χ2n) is 5.48. The first-order valence-electron chi connectivity index (χ1n) is 7.80. The number of nitrogens with one attached hydrogen (secondary N) is 1. The molecule has 8 heteroatoms. The van der Waals surface area contributed by atoms with Gasteiger partial charge in [-0.15, -0.1) is 0 Å². The molecule has 0 spiro atoms. The number of nitriles is 1. The van der Waals surface area contributed by atoms with Gasteiger partial charge in [0, 0.05) is 37.4 Å². The maximum absolute atomic E-state index is 9.44. The van der Waals surface area contributed by atoms with Crippen LogP contribution in [0.2, 0.25) is 5.02 Å². The van der Waals surface area contributed by atoms with Gasteiger partial charge in [-0.05, 0) is 36.4 Å². The van der Waals surface area contributed by atoms with E-state index in [1.807, 2.05) is 4.90 Å². The fourth-order valence-electron chi connectivity index (χ4n) is 2.67. The van der Waals surface area contributed by atoms with Gasteiger partial charge in [0.05, 0.1) is 11.3 Å². The predicted molar refractivity (Wildman–Crippen MR) is 96.2 cm³/mol. The average Bonchev–Trinajstić information content (AvgIpc) is 2.67. The van der Waals surface area contributed by atoms with Crippen LogP contribution in [0.1, 0.15) is 5.56 Å². The van der Waals surface area contributed by atoms with E-state index in [2.05, 4.69) is 26.4 Å². The minimum Gasteiger partial charge on any atom is -0.352 e. The number of nitrogens with zero attached hydrogens (tertiary/aromatic N) is 5. The number of hydrogen-bond donors (Lipinski definition) is 2. The van der Waals surface area contributed by atoms with E-state index >= 15 is 0 Å². The Bertz CT molecular complexity index is 794. The molecular weight excluding hydrogens is 340 g/mol. The molecule has 0 unspecified atom stereocenters. The summed E-state index contributed by atoms with van der Waals surface area (Å²) in [7, 11) is 0. The zero-order valence-corrected chi connectivity index (χ0v) is 14.2.